The Kier molecular flexibility index (Phi) is 7.62. The van der Waals surface area contributed by atoms with Crippen molar-refractivity contribution < 1.29 is 18.0 Å². The Balaban J connectivity index is 1.65. The molecule has 1 saturated heterocycles. The zero-order valence-electron chi connectivity index (χ0n) is 20.6. The number of carbonyl (C=O) groups excluding carboxylic acids is 2. The second kappa shape index (κ2) is 10.5. The van der Waals surface area contributed by atoms with Crippen LogP contribution in [-0.4, -0.2) is 54.1 Å². The minimum Gasteiger partial charge on any atom is -0.350 e. The van der Waals surface area contributed by atoms with Crippen molar-refractivity contribution in [1.82, 2.24) is 14.5 Å². The van der Waals surface area contributed by atoms with Crippen LogP contribution in [0.2, 0.25) is 0 Å². The molecule has 1 unspecified atom stereocenters. The number of nitrogens with one attached hydrogen (secondary N) is 1. The zero-order valence-corrected chi connectivity index (χ0v) is 21.4. The van der Waals surface area contributed by atoms with Crippen LogP contribution in [0.1, 0.15) is 56.6 Å². The Morgan fingerprint density at radius 2 is 1.63 bits per heavy atom. The number of piperazine rings is 1. The number of nitrogens with zero attached hydrogens (tertiary/aromatic N) is 2. The summed E-state index contributed by atoms with van der Waals surface area (Å²) in [5.41, 5.74) is 0.580. The van der Waals surface area contributed by atoms with Crippen LogP contribution in [0, 0.1) is 6.92 Å². The summed E-state index contributed by atoms with van der Waals surface area (Å²) < 4.78 is 28.2. The van der Waals surface area contributed by atoms with Gasteiger partial charge in [-0.15, -0.1) is 0 Å². The molecule has 0 bridgehead atoms. The van der Waals surface area contributed by atoms with E-state index in [1.165, 1.54) is 4.31 Å². The molecule has 0 aromatic heterocycles. The number of carbonyl (C=O) groups is 2. The van der Waals surface area contributed by atoms with Crippen LogP contribution in [0.5, 0.6) is 0 Å². The van der Waals surface area contributed by atoms with Crippen LogP contribution >= 0.6 is 0 Å². The molecule has 1 heterocycles. The van der Waals surface area contributed by atoms with Crippen molar-refractivity contribution in [2.24, 2.45) is 0 Å². The van der Waals surface area contributed by atoms with Gasteiger partial charge in [-0.25, -0.2) is 8.42 Å². The van der Waals surface area contributed by atoms with Gasteiger partial charge in [0.1, 0.15) is 5.54 Å². The van der Waals surface area contributed by atoms with Crippen LogP contribution in [0.15, 0.2) is 59.5 Å². The summed E-state index contributed by atoms with van der Waals surface area (Å²) in [6.45, 7) is 3.58. The van der Waals surface area contributed by atoms with Gasteiger partial charge in [0.15, 0.2) is 0 Å². The first-order valence-corrected chi connectivity index (χ1v) is 13.9. The van der Waals surface area contributed by atoms with Gasteiger partial charge >= 0.3 is 0 Å². The number of benzene rings is 2. The second-order valence-electron chi connectivity index (χ2n) is 9.94. The molecule has 35 heavy (non-hydrogen) atoms. The Bertz CT molecular complexity index is 1140. The van der Waals surface area contributed by atoms with Gasteiger partial charge < -0.3 is 10.2 Å². The van der Waals surface area contributed by atoms with Gasteiger partial charge in [0.05, 0.1) is 11.4 Å². The first-order valence-electron chi connectivity index (χ1n) is 12.4. The van der Waals surface area contributed by atoms with E-state index in [0.29, 0.717) is 6.54 Å². The Morgan fingerprint density at radius 1 is 1.00 bits per heavy atom. The van der Waals surface area contributed by atoms with Crippen molar-refractivity contribution in [1.29, 1.82) is 0 Å². The predicted octanol–water partition coefficient (Wildman–Crippen LogP) is 3.63. The first kappa shape index (κ1) is 25.4. The van der Waals surface area contributed by atoms with Gasteiger partial charge in [0, 0.05) is 19.1 Å². The Labute approximate surface area is 208 Å². The highest BCUT2D eigenvalue weighted by Gasteiger charge is 2.52. The first-order chi connectivity index (χ1) is 16.7. The maximum Gasteiger partial charge on any atom is 0.247 e. The average Bonchev–Trinajstić information content (AvgIpc) is 3.12. The lowest BCUT2D eigenvalue weighted by Crippen LogP contribution is -2.71. The van der Waals surface area contributed by atoms with E-state index in [2.05, 4.69) is 5.32 Å². The maximum atomic E-state index is 13.7. The van der Waals surface area contributed by atoms with Gasteiger partial charge in [-0.3, -0.25) is 9.59 Å². The van der Waals surface area contributed by atoms with E-state index in [1.807, 2.05) is 37.3 Å². The third kappa shape index (κ3) is 5.43. The molecule has 8 heteroatoms. The molecule has 1 saturated carbocycles. The number of hydrogen-bond donors (Lipinski definition) is 1. The molecule has 2 aliphatic rings. The van der Waals surface area contributed by atoms with Gasteiger partial charge in [-0.2, -0.15) is 4.31 Å². The fourth-order valence-electron chi connectivity index (χ4n) is 5.28. The van der Waals surface area contributed by atoms with Crippen LogP contribution in [0.4, 0.5) is 0 Å². The van der Waals surface area contributed by atoms with Crippen molar-refractivity contribution in [2.45, 2.75) is 75.4 Å². The van der Waals surface area contributed by atoms with Crippen molar-refractivity contribution in [3.63, 3.8) is 0 Å². The smallest absolute Gasteiger partial charge is 0.247 e. The van der Waals surface area contributed by atoms with Gasteiger partial charge in [-0.1, -0.05) is 73.7 Å². The summed E-state index contributed by atoms with van der Waals surface area (Å²) in [4.78, 5) is 29.1. The SMILES string of the molecule is Cc1ccc(S(=O)(=O)N2CC(=O)N(C3CCCCCC3)C(C)(C(=O)NCc3ccccc3)C2)cc1. The molecule has 0 spiro atoms. The lowest BCUT2D eigenvalue weighted by atomic mass is 9.91. The quantitative estimate of drug-likeness (QED) is 0.618. The highest BCUT2D eigenvalue weighted by atomic mass is 32.2. The lowest BCUT2D eigenvalue weighted by molar-refractivity contribution is -0.157. The number of sulfonamides is 1. The normalized spacial score (nSPS) is 22.6. The minimum atomic E-state index is -3.94. The molecule has 2 aromatic carbocycles. The van der Waals surface area contributed by atoms with E-state index < -0.39 is 15.6 Å². The summed E-state index contributed by atoms with van der Waals surface area (Å²) in [6.07, 6.45) is 5.89. The van der Waals surface area contributed by atoms with Crippen LogP contribution < -0.4 is 5.32 Å². The summed E-state index contributed by atoms with van der Waals surface area (Å²) in [5, 5.41) is 2.98. The Hall–Kier alpha value is -2.71. The largest absolute Gasteiger partial charge is 0.350 e. The summed E-state index contributed by atoms with van der Waals surface area (Å²) in [6, 6.07) is 16.1. The number of rotatable bonds is 6. The standard InChI is InChI=1S/C27H35N3O4S/c1-21-14-16-24(17-15-21)35(33,34)29-19-25(31)30(23-12-8-3-4-9-13-23)27(2,20-29)26(32)28-18-22-10-6-5-7-11-22/h5-7,10-11,14-17,23H,3-4,8-9,12-13,18-20H2,1-2H3,(H,28,32). The molecule has 188 valence electrons. The van der Waals surface area contributed by atoms with Gasteiger partial charge in [0.2, 0.25) is 21.8 Å². The third-order valence-corrected chi connectivity index (χ3v) is 9.04. The zero-order chi connectivity index (χ0) is 25.1. The summed E-state index contributed by atoms with van der Waals surface area (Å²) in [7, 11) is -3.94. The molecule has 1 N–H and O–H groups in total. The molecular weight excluding hydrogens is 462 g/mol. The van der Waals surface area contributed by atoms with E-state index in [4.69, 9.17) is 0 Å². The van der Waals surface area contributed by atoms with E-state index >= 15 is 0 Å². The van der Waals surface area contributed by atoms with E-state index in [-0.39, 0.29) is 35.8 Å². The molecule has 1 aliphatic heterocycles. The van der Waals surface area contributed by atoms with Crippen molar-refractivity contribution in [3.8, 4) is 0 Å². The molecule has 4 rings (SSSR count). The highest BCUT2D eigenvalue weighted by Crippen LogP contribution is 2.34. The third-order valence-electron chi connectivity index (χ3n) is 7.23. The van der Waals surface area contributed by atoms with Crippen LogP contribution in [0.3, 0.4) is 0 Å². The van der Waals surface area contributed by atoms with E-state index in [1.54, 1.807) is 36.1 Å². The molecule has 2 aromatic rings. The molecule has 0 radical (unpaired) electrons. The van der Waals surface area contributed by atoms with Gasteiger partial charge in [-0.05, 0) is 44.4 Å². The summed E-state index contributed by atoms with van der Waals surface area (Å²) in [5.74, 6) is -0.640. The molecule has 1 aliphatic carbocycles. The van der Waals surface area contributed by atoms with Crippen LogP contribution in [0.25, 0.3) is 0 Å². The molecule has 7 nitrogen and oxygen atoms in total. The topological polar surface area (TPSA) is 86.8 Å². The van der Waals surface area contributed by atoms with Crippen molar-refractivity contribution in [2.75, 3.05) is 13.1 Å². The lowest BCUT2D eigenvalue weighted by Gasteiger charge is -2.50. The Morgan fingerprint density at radius 3 is 2.26 bits per heavy atom. The maximum absolute atomic E-state index is 13.7. The monoisotopic (exact) mass is 497 g/mol. The van der Waals surface area contributed by atoms with Crippen LogP contribution in [-0.2, 0) is 26.2 Å². The minimum absolute atomic E-state index is 0.0679. The predicted molar refractivity (Wildman–Crippen MR) is 135 cm³/mol. The molecule has 1 atom stereocenters. The number of aryl methyl sites for hydroxylation is 1. The summed E-state index contributed by atoms with van der Waals surface area (Å²) >= 11 is 0. The fraction of sp³-hybridized carbons (Fsp3) is 0.481. The van der Waals surface area contributed by atoms with E-state index in [9.17, 15) is 18.0 Å². The number of amides is 2. The second-order valence-corrected chi connectivity index (χ2v) is 11.9. The molecule has 2 fully saturated rings. The average molecular weight is 498 g/mol. The molecule has 2 amide bonds. The van der Waals surface area contributed by atoms with Crippen molar-refractivity contribution >= 4 is 21.8 Å². The molecular formula is C27H35N3O4S. The van der Waals surface area contributed by atoms with E-state index in [0.717, 1.165) is 49.7 Å². The highest BCUT2D eigenvalue weighted by molar-refractivity contribution is 7.89. The number of hydrogen-bond acceptors (Lipinski definition) is 4. The fourth-order valence-corrected chi connectivity index (χ4v) is 6.76. The van der Waals surface area contributed by atoms with Crippen molar-refractivity contribution in [3.05, 3.63) is 65.7 Å². The van der Waals surface area contributed by atoms with Gasteiger partial charge in [0.25, 0.3) is 0 Å².